The zero-order valence-corrected chi connectivity index (χ0v) is 12.1. The fraction of sp³-hybridized carbons (Fsp3) is 0.769. The first-order valence-corrected chi connectivity index (χ1v) is 7.61. The third-order valence-corrected chi connectivity index (χ3v) is 3.69. The summed E-state index contributed by atoms with van der Waals surface area (Å²) in [5.74, 6) is 0. The molecule has 1 aliphatic heterocycles. The Bertz CT molecular complexity index is 293. The lowest BCUT2D eigenvalue weighted by atomic mass is 10.1. The highest BCUT2D eigenvalue weighted by Crippen LogP contribution is 2.14. The highest BCUT2D eigenvalue weighted by atomic mass is 32.1. The van der Waals surface area contributed by atoms with Crippen LogP contribution < -0.4 is 5.32 Å². The summed E-state index contributed by atoms with van der Waals surface area (Å²) < 4.78 is 0. The molecule has 0 spiro atoms. The van der Waals surface area contributed by atoms with E-state index in [4.69, 9.17) is 0 Å². The topological polar surface area (TPSA) is 28.2 Å². The summed E-state index contributed by atoms with van der Waals surface area (Å²) in [5, 5.41) is 6.52. The molecule has 4 heteroatoms. The molecule has 0 unspecified atom stereocenters. The Morgan fingerprint density at radius 2 is 2.00 bits per heavy atom. The van der Waals surface area contributed by atoms with Crippen LogP contribution >= 0.6 is 11.3 Å². The molecule has 1 fully saturated rings. The molecule has 0 amide bonds. The van der Waals surface area contributed by atoms with Gasteiger partial charge in [-0.25, -0.2) is 4.98 Å². The van der Waals surface area contributed by atoms with Crippen LogP contribution in [0.2, 0.25) is 0 Å². The Morgan fingerprint density at radius 1 is 1.29 bits per heavy atom. The van der Waals surface area contributed by atoms with Gasteiger partial charge in [0, 0.05) is 18.5 Å². The largest absolute Gasteiger partial charge is 0.360 e. The predicted molar refractivity (Wildman–Crippen MR) is 77.0 cm³/mol. The molecule has 0 aromatic carbocycles. The first kappa shape index (κ1) is 14.5. The molecule has 1 N–H and O–H groups in total. The van der Waals surface area contributed by atoms with Crippen LogP contribution in [0.1, 0.15) is 38.8 Å². The third-order valence-electron chi connectivity index (χ3n) is 2.77. The van der Waals surface area contributed by atoms with Crippen molar-refractivity contribution in [1.82, 2.24) is 9.88 Å². The van der Waals surface area contributed by atoms with Crippen molar-refractivity contribution < 1.29 is 0 Å². The van der Waals surface area contributed by atoms with E-state index in [1.807, 2.05) is 20.8 Å². The Hall–Kier alpha value is -0.610. The van der Waals surface area contributed by atoms with Gasteiger partial charge in [-0.3, -0.25) is 0 Å². The van der Waals surface area contributed by atoms with Crippen LogP contribution in [0, 0.1) is 6.92 Å². The number of aryl methyl sites for hydroxylation is 1. The van der Waals surface area contributed by atoms with Gasteiger partial charge in [-0.1, -0.05) is 20.3 Å². The molecule has 0 radical (unpaired) electrons. The maximum absolute atomic E-state index is 4.38. The molecule has 0 saturated carbocycles. The smallest absolute Gasteiger partial charge is 0.182 e. The zero-order chi connectivity index (χ0) is 12.5. The minimum Gasteiger partial charge on any atom is -0.360 e. The lowest BCUT2D eigenvalue weighted by molar-refractivity contribution is 0.237. The second-order valence-electron chi connectivity index (χ2n) is 4.12. The van der Waals surface area contributed by atoms with E-state index < -0.39 is 0 Å². The van der Waals surface area contributed by atoms with Crippen molar-refractivity contribution in [3.8, 4) is 0 Å². The first-order chi connectivity index (χ1) is 8.34. The number of nitrogens with one attached hydrogen (secondary N) is 1. The highest BCUT2D eigenvalue weighted by Gasteiger charge is 2.09. The summed E-state index contributed by atoms with van der Waals surface area (Å²) in [5.41, 5.74) is 1.11. The predicted octanol–water partition coefficient (Wildman–Crippen LogP) is 3.38. The highest BCUT2D eigenvalue weighted by molar-refractivity contribution is 7.13. The Kier molecular flexibility index (Phi) is 7.21. The molecule has 0 bridgehead atoms. The van der Waals surface area contributed by atoms with Crippen molar-refractivity contribution in [3.63, 3.8) is 0 Å². The van der Waals surface area contributed by atoms with Gasteiger partial charge < -0.3 is 10.2 Å². The van der Waals surface area contributed by atoms with Gasteiger partial charge in [0.05, 0.1) is 5.69 Å². The second-order valence-corrected chi connectivity index (χ2v) is 4.98. The van der Waals surface area contributed by atoms with Gasteiger partial charge in [0.25, 0.3) is 0 Å². The summed E-state index contributed by atoms with van der Waals surface area (Å²) in [7, 11) is 0. The molecule has 1 aromatic heterocycles. The van der Waals surface area contributed by atoms with E-state index >= 15 is 0 Å². The fourth-order valence-corrected chi connectivity index (χ4v) is 2.66. The van der Waals surface area contributed by atoms with Crippen LogP contribution in [0.4, 0.5) is 5.13 Å². The number of nitrogens with zero attached hydrogens (tertiary/aromatic N) is 2. The Balaban J connectivity index is 0.000000686. The molecule has 1 aromatic rings. The van der Waals surface area contributed by atoms with E-state index in [9.17, 15) is 0 Å². The molecule has 3 nitrogen and oxygen atoms in total. The van der Waals surface area contributed by atoms with Gasteiger partial charge in [0.1, 0.15) is 0 Å². The minimum absolute atomic E-state index is 1.02. The van der Waals surface area contributed by atoms with E-state index in [1.54, 1.807) is 11.3 Å². The van der Waals surface area contributed by atoms with Crippen molar-refractivity contribution >= 4 is 16.5 Å². The maximum atomic E-state index is 4.38. The van der Waals surface area contributed by atoms with Crippen molar-refractivity contribution in [2.45, 2.75) is 40.0 Å². The zero-order valence-electron chi connectivity index (χ0n) is 11.3. The Morgan fingerprint density at radius 3 is 2.59 bits per heavy atom. The lowest BCUT2D eigenvalue weighted by Crippen LogP contribution is -2.33. The van der Waals surface area contributed by atoms with E-state index in [2.05, 4.69) is 20.6 Å². The molecule has 1 saturated heterocycles. The van der Waals surface area contributed by atoms with Gasteiger partial charge in [-0.05, 0) is 32.9 Å². The average Bonchev–Trinajstić information content (AvgIpc) is 2.79. The third kappa shape index (κ3) is 5.50. The molecule has 2 rings (SSSR count). The number of hydrogen-bond acceptors (Lipinski definition) is 4. The fourth-order valence-electron chi connectivity index (χ4n) is 1.94. The average molecular weight is 255 g/mol. The number of likely N-dealkylation sites (tertiary alicyclic amines) is 1. The van der Waals surface area contributed by atoms with Crippen LogP contribution in [0.3, 0.4) is 0 Å². The number of thiazole rings is 1. The number of piperidine rings is 1. The van der Waals surface area contributed by atoms with Crippen molar-refractivity contribution in [2.24, 2.45) is 0 Å². The number of hydrogen-bond donors (Lipinski definition) is 1. The van der Waals surface area contributed by atoms with Gasteiger partial charge in [0.2, 0.25) is 0 Å². The van der Waals surface area contributed by atoms with Crippen LogP contribution in [-0.2, 0) is 0 Å². The second kappa shape index (κ2) is 8.48. The van der Waals surface area contributed by atoms with E-state index in [0.29, 0.717) is 0 Å². The first-order valence-electron chi connectivity index (χ1n) is 6.73. The van der Waals surface area contributed by atoms with Crippen LogP contribution in [0.25, 0.3) is 0 Å². The van der Waals surface area contributed by atoms with E-state index in [0.717, 1.165) is 23.9 Å². The summed E-state index contributed by atoms with van der Waals surface area (Å²) in [6.07, 6.45) is 4.16. The standard InChI is InChI=1S/C11H19N3S.C2H6/c1-10-9-15-11(13-10)12-5-8-14-6-3-2-4-7-14;1-2/h9H,2-8H2,1H3,(H,12,13);1-2H3. The monoisotopic (exact) mass is 255 g/mol. The van der Waals surface area contributed by atoms with Crippen molar-refractivity contribution in [2.75, 3.05) is 31.5 Å². The summed E-state index contributed by atoms with van der Waals surface area (Å²) in [4.78, 5) is 6.92. The van der Waals surface area contributed by atoms with Gasteiger partial charge >= 0.3 is 0 Å². The molecule has 0 aliphatic carbocycles. The molecule has 2 heterocycles. The quantitative estimate of drug-likeness (QED) is 0.894. The summed E-state index contributed by atoms with van der Waals surface area (Å²) in [6.45, 7) is 10.8. The Labute approximate surface area is 109 Å². The van der Waals surface area contributed by atoms with E-state index in [-0.39, 0.29) is 0 Å². The molecule has 0 atom stereocenters. The SMILES string of the molecule is CC.Cc1csc(NCCN2CCCCC2)n1. The van der Waals surface area contributed by atoms with Gasteiger partial charge in [-0.15, -0.1) is 11.3 Å². The van der Waals surface area contributed by atoms with Gasteiger partial charge in [0.15, 0.2) is 5.13 Å². The van der Waals surface area contributed by atoms with Crippen LogP contribution in [0.5, 0.6) is 0 Å². The maximum Gasteiger partial charge on any atom is 0.182 e. The van der Waals surface area contributed by atoms with Crippen molar-refractivity contribution in [1.29, 1.82) is 0 Å². The molecular formula is C13H25N3S. The van der Waals surface area contributed by atoms with Crippen LogP contribution in [0.15, 0.2) is 5.38 Å². The minimum atomic E-state index is 1.02. The number of aromatic nitrogens is 1. The molecule has 17 heavy (non-hydrogen) atoms. The summed E-state index contributed by atoms with van der Waals surface area (Å²) in [6, 6.07) is 0. The summed E-state index contributed by atoms with van der Waals surface area (Å²) >= 11 is 1.70. The lowest BCUT2D eigenvalue weighted by Gasteiger charge is -2.26. The number of rotatable bonds is 4. The molecule has 1 aliphatic rings. The van der Waals surface area contributed by atoms with Crippen molar-refractivity contribution in [3.05, 3.63) is 11.1 Å². The normalized spacial score (nSPS) is 16.2. The van der Waals surface area contributed by atoms with Crippen LogP contribution in [-0.4, -0.2) is 36.1 Å². The number of anilines is 1. The van der Waals surface area contributed by atoms with E-state index in [1.165, 1.54) is 32.4 Å². The van der Waals surface area contributed by atoms with Gasteiger partial charge in [-0.2, -0.15) is 0 Å². The molecular weight excluding hydrogens is 230 g/mol. The molecule has 98 valence electrons.